The maximum Gasteiger partial charge on any atom is 0.346 e. The second-order valence-corrected chi connectivity index (χ2v) is 22.7. The van der Waals surface area contributed by atoms with Gasteiger partial charge >= 0.3 is 23.1 Å². The topological polar surface area (TPSA) is 288 Å². The number of ether oxygens (including phenoxy) is 2. The number of carbonyl (C=O) groups excluding carboxylic acids is 2. The zero-order valence-electron chi connectivity index (χ0n) is 47.0. The molecule has 0 unspecified atom stereocenters. The Labute approximate surface area is 494 Å². The van der Waals surface area contributed by atoms with Crippen LogP contribution in [-0.2, 0) is 55.8 Å². The summed E-state index contributed by atoms with van der Waals surface area (Å²) in [6.07, 6.45) is 2.64. The Kier molecular flexibility index (Phi) is 18.8. The van der Waals surface area contributed by atoms with Gasteiger partial charge in [-0.1, -0.05) is 121 Å². The second-order valence-electron chi connectivity index (χ2n) is 18.9. The van der Waals surface area contributed by atoms with Crippen LogP contribution in [0.25, 0.3) is 22.1 Å². The fourth-order valence-corrected chi connectivity index (χ4v) is 12.7. The number of nitrogen functional groups attached to an aromatic ring is 1. The van der Waals surface area contributed by atoms with Crippen molar-refractivity contribution in [1.29, 1.82) is 0 Å². The van der Waals surface area contributed by atoms with E-state index in [1.165, 1.54) is 85.5 Å². The lowest BCUT2D eigenvalue weighted by molar-refractivity contribution is 0.0504. The number of benzene rings is 6. The molecular weight excluding hydrogens is 1140 g/mol. The third-order valence-electron chi connectivity index (χ3n) is 13.2. The van der Waals surface area contributed by atoms with E-state index in [1.807, 2.05) is 72.8 Å². The Morgan fingerprint density at radius 1 is 0.500 bits per heavy atom. The lowest BCUT2D eigenvalue weighted by Gasteiger charge is -2.24. The third kappa shape index (κ3) is 13.2. The maximum absolute atomic E-state index is 13.9. The van der Waals surface area contributed by atoms with Crippen molar-refractivity contribution in [2.45, 2.75) is 63.8 Å². The molecule has 0 aliphatic rings. The first-order valence-electron chi connectivity index (χ1n) is 26.8. The van der Waals surface area contributed by atoms with E-state index in [9.17, 15) is 36.0 Å². The summed E-state index contributed by atoms with van der Waals surface area (Å²) in [6.45, 7) is 7.36. The lowest BCUT2D eigenvalue weighted by Crippen LogP contribution is -2.37. The summed E-state index contributed by atoms with van der Waals surface area (Å²) in [5, 5.41) is 7.21. The van der Waals surface area contributed by atoms with Crippen LogP contribution in [0.3, 0.4) is 0 Å². The molecule has 0 spiro atoms. The van der Waals surface area contributed by atoms with Gasteiger partial charge in [0.25, 0.3) is 20.0 Å². The van der Waals surface area contributed by atoms with Gasteiger partial charge in [-0.2, -0.15) is 3.71 Å². The summed E-state index contributed by atoms with van der Waals surface area (Å²) < 4.78 is 68.4. The van der Waals surface area contributed by atoms with Gasteiger partial charge < -0.3 is 35.5 Å². The van der Waals surface area contributed by atoms with Crippen molar-refractivity contribution in [2.75, 3.05) is 33.3 Å². The number of carbonyl (C=O) groups is 2. The Bertz CT molecular complexity index is 4340. The van der Waals surface area contributed by atoms with Crippen molar-refractivity contribution >= 4 is 76.8 Å². The summed E-state index contributed by atoms with van der Waals surface area (Å²) in [6, 6.07) is 46.2. The summed E-state index contributed by atoms with van der Waals surface area (Å²) in [5.74, 6) is -1.64. The SMILES string of the molecule is CCOC(=O)c1c(NCc2ccc(N(S(=O)(=O)c3ccccc3)S(=O)(=O)c3ccccc3)cc2)c2c(C)ncnc2n(OCc2ccccc2)c1=O.CCOC(=O)c1c(NCc2ccc(N)cc2)c2c(C)ncnc2n(OCc2ccccc2)c1=O. The summed E-state index contributed by atoms with van der Waals surface area (Å²) in [5.41, 5.74) is 9.23. The number of aryl methyl sites for hydroxylation is 2. The van der Waals surface area contributed by atoms with Gasteiger partial charge in [0.1, 0.15) is 25.9 Å². The number of nitrogens with zero attached hydrogens (tertiary/aromatic N) is 7. The number of nitrogens with one attached hydrogen (secondary N) is 2. The minimum atomic E-state index is -4.59. The highest BCUT2D eigenvalue weighted by Gasteiger charge is 2.37. The van der Waals surface area contributed by atoms with E-state index in [0.29, 0.717) is 49.4 Å². The van der Waals surface area contributed by atoms with E-state index in [2.05, 4.69) is 30.6 Å². The van der Waals surface area contributed by atoms with Gasteiger partial charge in [0, 0.05) is 18.8 Å². The molecule has 0 radical (unpaired) electrons. The van der Waals surface area contributed by atoms with Gasteiger partial charge in [0.15, 0.2) is 22.4 Å². The van der Waals surface area contributed by atoms with Crippen LogP contribution in [0.4, 0.5) is 22.7 Å². The lowest BCUT2D eigenvalue weighted by atomic mass is 10.1. The molecule has 10 aromatic rings. The van der Waals surface area contributed by atoms with Crippen LogP contribution < -0.4 is 40.9 Å². The average molecular weight is 1200 g/mol. The van der Waals surface area contributed by atoms with Crippen LogP contribution >= 0.6 is 0 Å². The molecule has 0 atom stereocenters. The van der Waals surface area contributed by atoms with Crippen molar-refractivity contribution < 1.29 is 45.6 Å². The maximum atomic E-state index is 13.9. The molecule has 0 aliphatic carbocycles. The zero-order valence-corrected chi connectivity index (χ0v) is 48.6. The molecule has 22 nitrogen and oxygen atoms in total. The second kappa shape index (κ2) is 26.8. The summed E-state index contributed by atoms with van der Waals surface area (Å²) in [7, 11) is -9.19. The van der Waals surface area contributed by atoms with Crippen molar-refractivity contribution in [3.05, 3.63) is 248 Å². The van der Waals surface area contributed by atoms with Crippen LogP contribution in [0.15, 0.2) is 202 Å². The molecule has 0 amide bonds. The van der Waals surface area contributed by atoms with Crippen LogP contribution in [-0.4, -0.2) is 71.4 Å². The van der Waals surface area contributed by atoms with Crippen LogP contribution in [0.1, 0.15) is 68.2 Å². The smallest absolute Gasteiger partial charge is 0.346 e. The number of aromatic nitrogens is 6. The molecule has 24 heteroatoms. The van der Waals surface area contributed by atoms with Crippen molar-refractivity contribution in [3.63, 3.8) is 0 Å². The van der Waals surface area contributed by atoms with Gasteiger partial charge in [-0.05, 0) is 98.5 Å². The number of nitrogens with two attached hydrogens (primary N) is 1. The van der Waals surface area contributed by atoms with E-state index >= 15 is 0 Å². The predicted octanol–water partition coefficient (Wildman–Crippen LogP) is 8.20. The molecule has 10 rings (SSSR count). The molecule has 440 valence electrons. The fourth-order valence-electron chi connectivity index (χ4n) is 9.01. The highest BCUT2D eigenvalue weighted by Crippen LogP contribution is 2.33. The third-order valence-corrected chi connectivity index (χ3v) is 17.4. The number of hydrogen-bond acceptors (Lipinski definition) is 19. The van der Waals surface area contributed by atoms with Crippen molar-refractivity contribution in [3.8, 4) is 0 Å². The molecule has 0 saturated heterocycles. The van der Waals surface area contributed by atoms with Crippen LogP contribution in [0.2, 0.25) is 0 Å². The monoisotopic (exact) mass is 1200 g/mol. The largest absolute Gasteiger partial charge is 0.462 e. The number of fused-ring (bicyclic) bond motifs is 2. The van der Waals surface area contributed by atoms with E-state index < -0.39 is 43.1 Å². The molecule has 4 heterocycles. The standard InChI is InChI=1S/C37H33N5O8S2.C25H25N5O4/c1-3-49-37(44)33-34(32-26(2)39-25-40-35(32)41(36(33)43)50-24-28-13-7-4-8-14-28)38-23-27-19-21-29(22-20-27)42(51(45,46)30-15-9-5-10-16-30)52(47,48)31-17-11-6-12-18-31;1-3-33-25(32)21-22(27-13-17-9-11-19(26)12-10-17)20-16(2)28-15-29-23(20)30(24(21)31)34-14-18-7-5-4-6-8-18/h4-22,25,38H,3,23-24H2,1-2H3;4-12,15,27H,3,13-14,26H2,1-2H3. The van der Waals surface area contributed by atoms with E-state index in [-0.39, 0.29) is 76.6 Å². The molecule has 0 bridgehead atoms. The first-order chi connectivity index (χ1) is 41.5. The minimum absolute atomic E-state index is 0.000630. The molecule has 6 aromatic carbocycles. The highest BCUT2D eigenvalue weighted by molar-refractivity contribution is 8.10. The van der Waals surface area contributed by atoms with Crippen LogP contribution in [0.5, 0.6) is 0 Å². The molecule has 4 N–H and O–H groups in total. The first-order valence-corrected chi connectivity index (χ1v) is 29.7. The van der Waals surface area contributed by atoms with Gasteiger partial charge in [0.2, 0.25) is 0 Å². The van der Waals surface area contributed by atoms with Gasteiger partial charge in [-0.3, -0.25) is 9.59 Å². The molecule has 0 fully saturated rings. The van der Waals surface area contributed by atoms with Gasteiger partial charge in [-0.15, -0.1) is 9.46 Å². The van der Waals surface area contributed by atoms with E-state index in [1.54, 1.807) is 52.0 Å². The minimum Gasteiger partial charge on any atom is -0.462 e. The van der Waals surface area contributed by atoms with E-state index in [4.69, 9.17) is 24.9 Å². The normalized spacial score (nSPS) is 11.3. The number of hydrogen-bond donors (Lipinski definition) is 3. The van der Waals surface area contributed by atoms with Crippen molar-refractivity contribution in [1.82, 2.24) is 29.4 Å². The van der Waals surface area contributed by atoms with Crippen LogP contribution in [0, 0.1) is 13.8 Å². The van der Waals surface area contributed by atoms with Gasteiger partial charge in [-0.25, -0.2) is 46.4 Å². The number of pyridine rings is 2. The van der Waals surface area contributed by atoms with E-state index in [0.717, 1.165) is 26.2 Å². The molecule has 86 heavy (non-hydrogen) atoms. The Morgan fingerprint density at radius 2 is 0.860 bits per heavy atom. The average Bonchev–Trinajstić information content (AvgIpc) is 0.867. The Morgan fingerprint density at radius 3 is 1.23 bits per heavy atom. The summed E-state index contributed by atoms with van der Waals surface area (Å²) in [4.78, 5) is 82.3. The molecule has 0 saturated carbocycles. The number of anilines is 4. The highest BCUT2D eigenvalue weighted by atomic mass is 32.3. The predicted molar refractivity (Wildman–Crippen MR) is 324 cm³/mol. The van der Waals surface area contributed by atoms with Crippen molar-refractivity contribution in [2.24, 2.45) is 0 Å². The Balaban J connectivity index is 0.000000224. The number of rotatable bonds is 21. The molecule has 4 aromatic heterocycles. The zero-order chi connectivity index (χ0) is 61.0. The summed E-state index contributed by atoms with van der Waals surface area (Å²) >= 11 is 0. The number of sulfonamides is 2. The first kappa shape index (κ1) is 60.1. The Hall–Kier alpha value is -10.5. The molecular formula is C62H58N10O12S2. The molecule has 0 aliphatic heterocycles. The number of esters is 2. The quantitative estimate of drug-likeness (QED) is 0.0451. The fraction of sp³-hybridized carbons (Fsp3) is 0.161. The van der Waals surface area contributed by atoms with Gasteiger partial charge in [0.05, 0.1) is 62.2 Å².